The third kappa shape index (κ3) is 17.4. The van der Waals surface area contributed by atoms with Crippen LogP contribution in [-0.4, -0.2) is 135 Å². The van der Waals surface area contributed by atoms with Crippen LogP contribution >= 0.6 is 39.0 Å². The zero-order valence-electron chi connectivity index (χ0n) is 44.4. The van der Waals surface area contributed by atoms with Crippen molar-refractivity contribution >= 4 is 60.9 Å². The summed E-state index contributed by atoms with van der Waals surface area (Å²) in [5, 5.41) is 58.0. The quantitative estimate of drug-likeness (QED) is 0.0321. The molecule has 6 rings (SSSR count). The van der Waals surface area contributed by atoms with Crippen molar-refractivity contribution in [1.29, 1.82) is 0 Å². The lowest BCUT2D eigenvalue weighted by Crippen LogP contribution is -2.46. The molecule has 78 heavy (non-hydrogen) atoms. The van der Waals surface area contributed by atoms with Gasteiger partial charge in [0, 0.05) is 42.4 Å². The van der Waals surface area contributed by atoms with Gasteiger partial charge in [0.05, 0.1) is 38.4 Å². The van der Waals surface area contributed by atoms with Gasteiger partial charge in [0.2, 0.25) is 0 Å². The number of anilines is 2. The first-order valence-corrected chi connectivity index (χ1v) is 29.8. The molecule has 2 saturated heterocycles. The van der Waals surface area contributed by atoms with Crippen LogP contribution in [-0.2, 0) is 59.4 Å². The first-order valence-electron chi connectivity index (χ1n) is 24.7. The molecule has 0 amide bonds. The second-order valence-electron chi connectivity index (χ2n) is 19.9. The minimum Gasteiger partial charge on any atom is -0.395 e. The van der Waals surface area contributed by atoms with Gasteiger partial charge in [-0.15, -0.1) is 0 Å². The molecule has 4 aromatic rings. The Balaban J connectivity index is 0.000000287. The van der Waals surface area contributed by atoms with Crippen molar-refractivity contribution in [3.8, 4) is 0 Å². The minimum atomic E-state index is -4.02. The fourth-order valence-electron chi connectivity index (χ4n) is 7.32. The van der Waals surface area contributed by atoms with Crippen LogP contribution in [0.3, 0.4) is 0 Å². The highest BCUT2D eigenvalue weighted by atomic mass is 32.2. The van der Waals surface area contributed by atoms with Crippen LogP contribution in [0.15, 0.2) is 94.8 Å². The second kappa shape index (κ2) is 28.0. The number of thioether (sulfide) groups is 2. The largest absolute Gasteiger partial charge is 0.405 e. The summed E-state index contributed by atoms with van der Waals surface area (Å²) in [4.78, 5) is 56.5. The number of benzene rings is 2. The van der Waals surface area contributed by atoms with Crippen LogP contribution in [0.4, 0.5) is 11.6 Å². The highest BCUT2D eigenvalue weighted by molar-refractivity contribution is 8.14. The number of ether oxygens (including phenoxy) is 2. The Hall–Kier alpha value is -4.22. The SMILES string of the molecule is CC(C)(CO)C(=O)SCCOP(=O)(NCc1ccccc1)OC[C@H]1O[C@@H](n2ccc(N)nc2=O)[C@](C)(O)[C@@H]1O.CCC(C)(C)C(=O)SCCOP(=O)(NCc1ccccc1)OC[C@H]1O[C@@H](n2ccc(N)nc2=O)[C@](C)(O)[C@@H]1O. The van der Waals surface area contributed by atoms with E-state index in [1.807, 2.05) is 81.4 Å². The van der Waals surface area contributed by atoms with Gasteiger partial charge in [0.25, 0.3) is 0 Å². The number of hydrogen-bond donors (Lipinski definition) is 9. The third-order valence-corrected chi connectivity index (χ3v) is 18.2. The van der Waals surface area contributed by atoms with Gasteiger partial charge >= 0.3 is 26.9 Å². The highest BCUT2D eigenvalue weighted by Gasteiger charge is 2.55. The Labute approximate surface area is 460 Å². The number of aliphatic hydroxyl groups excluding tert-OH is 3. The molecule has 2 unspecified atom stereocenters. The van der Waals surface area contributed by atoms with Gasteiger partial charge in [-0.1, -0.05) is 105 Å². The molecule has 0 radical (unpaired) electrons. The molecule has 2 fully saturated rings. The molecule has 11 N–H and O–H groups in total. The van der Waals surface area contributed by atoms with E-state index in [1.165, 1.54) is 38.4 Å². The van der Waals surface area contributed by atoms with Crippen LogP contribution in [0.5, 0.6) is 0 Å². The fourth-order valence-corrected chi connectivity index (χ4v) is 11.9. The predicted octanol–water partition coefficient (Wildman–Crippen LogP) is 3.51. The molecule has 0 spiro atoms. The predicted molar refractivity (Wildman–Crippen MR) is 292 cm³/mol. The molecule has 29 heteroatoms. The molecular formula is C49H72N8O17P2S2. The first kappa shape index (κ1) is 64.6. The van der Waals surface area contributed by atoms with Crippen molar-refractivity contribution in [2.75, 3.05) is 56.0 Å². The Morgan fingerprint density at radius 2 is 1.05 bits per heavy atom. The second-order valence-corrected chi connectivity index (χ2v) is 25.7. The van der Waals surface area contributed by atoms with E-state index in [2.05, 4.69) is 20.1 Å². The van der Waals surface area contributed by atoms with Gasteiger partial charge in [-0.3, -0.25) is 36.8 Å². The monoisotopic (exact) mass is 1170 g/mol. The lowest BCUT2D eigenvalue weighted by Gasteiger charge is -2.27. The summed E-state index contributed by atoms with van der Waals surface area (Å²) in [5.74, 6) is 0.385. The van der Waals surface area contributed by atoms with E-state index in [0.717, 1.165) is 43.8 Å². The summed E-state index contributed by atoms with van der Waals surface area (Å²) in [7, 11) is -7.98. The number of nitrogen functional groups attached to an aromatic ring is 2. The number of aliphatic hydroxyl groups is 5. The molecule has 0 aliphatic carbocycles. The number of nitrogens with one attached hydrogen (secondary N) is 2. The number of nitrogens with two attached hydrogens (primary N) is 2. The minimum absolute atomic E-state index is 0.00440. The van der Waals surface area contributed by atoms with Crippen molar-refractivity contribution in [3.63, 3.8) is 0 Å². The Morgan fingerprint density at radius 1 is 0.679 bits per heavy atom. The standard InChI is InChI=1S/C25H37N4O8PS.C24H35N4O9PS/c1-5-24(2,3)22(31)39-14-13-35-38(34,27-15-17-9-7-6-8-10-17)36-16-18-20(30)25(4,33)21(37-18)29-12-11-19(26)28-23(29)32;1-23(2,15-29)21(31)39-12-11-35-38(34,26-13-16-7-5-4-6-8-16)36-14-17-19(30)24(3,33)20(37-17)28-10-9-18(25)27-22(28)32/h6-12,18,20-21,30,33H,5,13-16H2,1-4H3,(H,27,34)(H2,26,28,32);4-10,17,19-20,29-30,33H,11-15H2,1-3H3,(H,26,34)(H2,25,27,32)/t18-,20-,21-,25-,38?;17-,19-,20-,24-,38?/m11/s1. The first-order chi connectivity index (χ1) is 36.6. The summed E-state index contributed by atoms with van der Waals surface area (Å²) >= 11 is 2.03. The molecule has 2 aromatic carbocycles. The summed E-state index contributed by atoms with van der Waals surface area (Å²) in [5.41, 5.74) is 5.90. The lowest BCUT2D eigenvalue weighted by molar-refractivity contribution is -0.120. The number of carbonyl (C=O) groups is 2. The van der Waals surface area contributed by atoms with Gasteiger partial charge in [-0.25, -0.2) is 28.9 Å². The normalized spacial score (nSPS) is 24.9. The molecular weight excluding hydrogens is 1100 g/mol. The van der Waals surface area contributed by atoms with Crippen LogP contribution in [0.2, 0.25) is 0 Å². The molecule has 432 valence electrons. The fraction of sp³-hybridized carbons (Fsp3) is 0.551. The average Bonchev–Trinajstić information content (AvgIpc) is 3.78. The van der Waals surface area contributed by atoms with E-state index in [-0.39, 0.29) is 66.3 Å². The van der Waals surface area contributed by atoms with E-state index in [0.29, 0.717) is 6.42 Å². The van der Waals surface area contributed by atoms with Crippen LogP contribution < -0.4 is 33.0 Å². The average molecular weight is 1170 g/mol. The van der Waals surface area contributed by atoms with Crippen molar-refractivity contribution in [2.24, 2.45) is 10.8 Å². The Morgan fingerprint density at radius 3 is 1.40 bits per heavy atom. The molecule has 4 heterocycles. The highest BCUT2D eigenvalue weighted by Crippen LogP contribution is 2.48. The van der Waals surface area contributed by atoms with Gasteiger partial charge in [-0.2, -0.15) is 9.97 Å². The maximum Gasteiger partial charge on any atom is 0.405 e. The van der Waals surface area contributed by atoms with Gasteiger partial charge in [0.15, 0.2) is 22.7 Å². The summed E-state index contributed by atoms with van der Waals surface area (Å²) < 4.78 is 63.1. The number of carbonyl (C=O) groups excluding carboxylic acids is 2. The van der Waals surface area contributed by atoms with Crippen molar-refractivity contribution in [1.82, 2.24) is 29.3 Å². The summed E-state index contributed by atoms with van der Waals surface area (Å²) in [6.07, 6.45) is -4.73. The molecule has 0 bridgehead atoms. The van der Waals surface area contributed by atoms with E-state index in [4.69, 9.17) is 39.0 Å². The summed E-state index contributed by atoms with van der Waals surface area (Å²) in [6.45, 7) is 10.4. The zero-order chi connectivity index (χ0) is 57.7. The van der Waals surface area contributed by atoms with Gasteiger partial charge in [0.1, 0.15) is 47.3 Å². The third-order valence-electron chi connectivity index (χ3n) is 12.7. The number of nitrogens with zero attached hydrogens (tertiary/aromatic N) is 4. The van der Waals surface area contributed by atoms with Crippen molar-refractivity contribution < 1.29 is 71.8 Å². The van der Waals surface area contributed by atoms with E-state index in [9.17, 15) is 53.8 Å². The smallest absolute Gasteiger partial charge is 0.395 e. The van der Waals surface area contributed by atoms with E-state index in [1.54, 1.807) is 13.8 Å². The van der Waals surface area contributed by atoms with Crippen molar-refractivity contribution in [3.05, 3.63) is 117 Å². The Kier molecular flexibility index (Phi) is 23.2. The van der Waals surface area contributed by atoms with E-state index < -0.39 is 99.0 Å². The van der Waals surface area contributed by atoms with Crippen molar-refractivity contribution in [2.45, 2.75) is 116 Å². The zero-order valence-corrected chi connectivity index (χ0v) is 47.8. The molecule has 2 aromatic heterocycles. The molecule has 25 nitrogen and oxygen atoms in total. The lowest BCUT2D eigenvalue weighted by atomic mass is 9.92. The van der Waals surface area contributed by atoms with E-state index >= 15 is 0 Å². The number of hydrogen-bond acceptors (Lipinski definition) is 23. The Bertz CT molecular complexity index is 2640. The van der Waals surface area contributed by atoms with Gasteiger partial charge in [-0.05, 0) is 57.4 Å². The maximum atomic E-state index is 13.6. The maximum absolute atomic E-state index is 13.6. The molecule has 2 aliphatic heterocycles. The van der Waals surface area contributed by atoms with Crippen LogP contribution in [0.1, 0.15) is 78.5 Å². The molecule has 0 saturated carbocycles. The van der Waals surface area contributed by atoms with Crippen LogP contribution in [0, 0.1) is 10.8 Å². The van der Waals surface area contributed by atoms with Gasteiger partial charge < -0.3 is 46.5 Å². The summed E-state index contributed by atoms with van der Waals surface area (Å²) in [6, 6.07) is 21.0. The molecule has 10 atom stereocenters. The van der Waals surface area contributed by atoms with Crippen LogP contribution in [0.25, 0.3) is 0 Å². The topological polar surface area (TPSA) is 371 Å². The number of aromatic nitrogens is 4. The number of rotatable bonds is 26. The molecule has 2 aliphatic rings.